The Morgan fingerprint density at radius 3 is 2.63 bits per heavy atom. The van der Waals surface area contributed by atoms with E-state index in [0.29, 0.717) is 5.92 Å². The number of carbonyl (C=O) groups excluding carboxylic acids is 1. The number of benzene rings is 1. The SMILES string of the molecule is CNCC(C(=O)c1c(C)[nH]c2ccccc12)C(C)C. The van der Waals surface area contributed by atoms with E-state index >= 15 is 0 Å². The van der Waals surface area contributed by atoms with Crippen molar-refractivity contribution in [3.05, 3.63) is 35.5 Å². The van der Waals surface area contributed by atoms with Crippen molar-refractivity contribution in [1.82, 2.24) is 10.3 Å². The fourth-order valence-corrected chi connectivity index (χ4v) is 2.63. The van der Waals surface area contributed by atoms with Gasteiger partial charge in [-0.2, -0.15) is 0 Å². The Hall–Kier alpha value is -1.61. The van der Waals surface area contributed by atoms with E-state index < -0.39 is 0 Å². The zero-order valence-electron chi connectivity index (χ0n) is 12.1. The number of carbonyl (C=O) groups is 1. The van der Waals surface area contributed by atoms with Crippen molar-refractivity contribution in [1.29, 1.82) is 0 Å². The summed E-state index contributed by atoms with van der Waals surface area (Å²) in [6.07, 6.45) is 0. The van der Waals surface area contributed by atoms with Gasteiger partial charge in [0, 0.05) is 34.6 Å². The molecule has 19 heavy (non-hydrogen) atoms. The predicted octanol–water partition coefficient (Wildman–Crippen LogP) is 3.15. The van der Waals surface area contributed by atoms with Crippen LogP contribution in [0.4, 0.5) is 0 Å². The number of para-hydroxylation sites is 1. The van der Waals surface area contributed by atoms with Gasteiger partial charge in [-0.3, -0.25) is 4.79 Å². The van der Waals surface area contributed by atoms with Crippen LogP contribution in [-0.4, -0.2) is 24.4 Å². The molecule has 0 fully saturated rings. The number of hydrogen-bond acceptors (Lipinski definition) is 2. The van der Waals surface area contributed by atoms with Crippen molar-refractivity contribution in [2.45, 2.75) is 20.8 Å². The molecule has 102 valence electrons. The molecule has 0 saturated carbocycles. The minimum Gasteiger partial charge on any atom is -0.358 e. The van der Waals surface area contributed by atoms with Gasteiger partial charge in [0.1, 0.15) is 0 Å². The van der Waals surface area contributed by atoms with Crippen molar-refractivity contribution in [2.75, 3.05) is 13.6 Å². The first-order valence-corrected chi connectivity index (χ1v) is 6.82. The summed E-state index contributed by atoms with van der Waals surface area (Å²) in [5.41, 5.74) is 2.85. The van der Waals surface area contributed by atoms with Crippen LogP contribution < -0.4 is 5.32 Å². The Bertz CT molecular complexity index is 583. The van der Waals surface area contributed by atoms with Crippen molar-refractivity contribution in [3.8, 4) is 0 Å². The quantitative estimate of drug-likeness (QED) is 0.809. The number of aryl methyl sites for hydroxylation is 1. The lowest BCUT2D eigenvalue weighted by molar-refractivity contribution is 0.0887. The monoisotopic (exact) mass is 258 g/mol. The average Bonchev–Trinajstić information content (AvgIpc) is 2.70. The summed E-state index contributed by atoms with van der Waals surface area (Å²) in [6.45, 7) is 6.90. The molecule has 1 atom stereocenters. The number of Topliss-reactive ketones (excluding diaryl/α,β-unsaturated/α-hetero) is 1. The van der Waals surface area contributed by atoms with Gasteiger partial charge in [-0.1, -0.05) is 32.0 Å². The zero-order chi connectivity index (χ0) is 14.0. The summed E-state index contributed by atoms with van der Waals surface area (Å²) >= 11 is 0. The third-order valence-electron chi connectivity index (χ3n) is 3.71. The molecule has 0 spiro atoms. The Morgan fingerprint density at radius 2 is 2.00 bits per heavy atom. The van der Waals surface area contributed by atoms with Crippen LogP contribution in [0.3, 0.4) is 0 Å². The predicted molar refractivity (Wildman–Crippen MR) is 79.6 cm³/mol. The van der Waals surface area contributed by atoms with Gasteiger partial charge in [-0.15, -0.1) is 0 Å². The van der Waals surface area contributed by atoms with E-state index in [0.717, 1.165) is 28.7 Å². The molecule has 3 nitrogen and oxygen atoms in total. The highest BCUT2D eigenvalue weighted by Crippen LogP contribution is 2.26. The maximum absolute atomic E-state index is 12.8. The average molecular weight is 258 g/mol. The first-order valence-electron chi connectivity index (χ1n) is 6.82. The van der Waals surface area contributed by atoms with Gasteiger partial charge in [0.25, 0.3) is 0 Å². The van der Waals surface area contributed by atoms with Gasteiger partial charge >= 0.3 is 0 Å². The third-order valence-corrected chi connectivity index (χ3v) is 3.71. The highest BCUT2D eigenvalue weighted by molar-refractivity contribution is 6.10. The summed E-state index contributed by atoms with van der Waals surface area (Å²) in [7, 11) is 1.89. The van der Waals surface area contributed by atoms with Gasteiger partial charge in [-0.25, -0.2) is 0 Å². The van der Waals surface area contributed by atoms with Gasteiger partial charge in [0.15, 0.2) is 5.78 Å². The van der Waals surface area contributed by atoms with E-state index in [2.05, 4.69) is 24.1 Å². The van der Waals surface area contributed by atoms with Crippen LogP contribution >= 0.6 is 0 Å². The van der Waals surface area contributed by atoms with Crippen LogP contribution in [-0.2, 0) is 0 Å². The van der Waals surface area contributed by atoms with Crippen LogP contribution in [0.15, 0.2) is 24.3 Å². The lowest BCUT2D eigenvalue weighted by Gasteiger charge is -2.19. The summed E-state index contributed by atoms with van der Waals surface area (Å²) in [6, 6.07) is 8.00. The second-order valence-corrected chi connectivity index (χ2v) is 5.44. The van der Waals surface area contributed by atoms with Crippen molar-refractivity contribution >= 4 is 16.7 Å². The molecule has 1 unspecified atom stereocenters. The molecule has 0 aliphatic heterocycles. The fourth-order valence-electron chi connectivity index (χ4n) is 2.63. The molecule has 2 aromatic rings. The Labute approximate surface area is 114 Å². The van der Waals surface area contributed by atoms with Crippen molar-refractivity contribution in [3.63, 3.8) is 0 Å². The summed E-state index contributed by atoms with van der Waals surface area (Å²) in [5, 5.41) is 4.16. The molecule has 0 aliphatic carbocycles. The fraction of sp³-hybridized carbons (Fsp3) is 0.438. The molecule has 1 aromatic heterocycles. The summed E-state index contributed by atoms with van der Waals surface area (Å²) < 4.78 is 0. The second-order valence-electron chi connectivity index (χ2n) is 5.44. The normalized spacial score (nSPS) is 13.1. The number of H-pyrrole nitrogens is 1. The largest absolute Gasteiger partial charge is 0.358 e. The van der Waals surface area contributed by atoms with Gasteiger partial charge in [0.2, 0.25) is 0 Å². The maximum Gasteiger partial charge on any atom is 0.169 e. The van der Waals surface area contributed by atoms with Crippen LogP contribution in [0.2, 0.25) is 0 Å². The number of aromatic amines is 1. The lowest BCUT2D eigenvalue weighted by Crippen LogP contribution is -2.30. The van der Waals surface area contributed by atoms with E-state index in [1.165, 1.54) is 0 Å². The Balaban J connectivity index is 2.48. The molecular weight excluding hydrogens is 236 g/mol. The topological polar surface area (TPSA) is 44.9 Å². The van der Waals surface area contributed by atoms with Gasteiger partial charge in [0.05, 0.1) is 0 Å². The highest BCUT2D eigenvalue weighted by Gasteiger charge is 2.26. The highest BCUT2D eigenvalue weighted by atomic mass is 16.1. The number of ketones is 1. The number of rotatable bonds is 5. The molecular formula is C16H22N2O. The molecule has 2 rings (SSSR count). The number of nitrogens with one attached hydrogen (secondary N) is 2. The molecule has 0 aliphatic rings. The molecule has 1 heterocycles. The minimum atomic E-state index is 0.0166. The molecule has 0 saturated heterocycles. The van der Waals surface area contributed by atoms with E-state index in [9.17, 15) is 4.79 Å². The van der Waals surface area contributed by atoms with Gasteiger partial charge in [-0.05, 0) is 26.0 Å². The zero-order valence-corrected chi connectivity index (χ0v) is 12.1. The summed E-state index contributed by atoms with van der Waals surface area (Å²) in [5.74, 6) is 0.579. The minimum absolute atomic E-state index is 0.0166. The smallest absolute Gasteiger partial charge is 0.169 e. The number of hydrogen-bond donors (Lipinski definition) is 2. The van der Waals surface area contributed by atoms with Crippen LogP contribution in [0, 0.1) is 18.8 Å². The van der Waals surface area contributed by atoms with Crippen molar-refractivity contribution in [2.24, 2.45) is 11.8 Å². The van der Waals surface area contributed by atoms with Crippen LogP contribution in [0.25, 0.3) is 10.9 Å². The van der Waals surface area contributed by atoms with Crippen molar-refractivity contribution < 1.29 is 4.79 Å². The van der Waals surface area contributed by atoms with E-state index in [-0.39, 0.29) is 11.7 Å². The molecule has 0 bridgehead atoms. The first-order chi connectivity index (χ1) is 9.06. The van der Waals surface area contributed by atoms with Crippen LogP contribution in [0.1, 0.15) is 29.9 Å². The maximum atomic E-state index is 12.8. The van der Waals surface area contributed by atoms with E-state index in [4.69, 9.17) is 0 Å². The molecule has 0 radical (unpaired) electrons. The Kier molecular flexibility index (Phi) is 4.05. The molecule has 2 N–H and O–H groups in total. The molecule has 1 aromatic carbocycles. The molecule has 3 heteroatoms. The number of fused-ring (bicyclic) bond motifs is 1. The molecule has 0 amide bonds. The van der Waals surface area contributed by atoms with Crippen LogP contribution in [0.5, 0.6) is 0 Å². The standard InChI is InChI=1S/C16H22N2O/c1-10(2)13(9-17-4)16(19)15-11(3)18-14-8-6-5-7-12(14)15/h5-8,10,13,17-18H,9H2,1-4H3. The Morgan fingerprint density at radius 1 is 1.32 bits per heavy atom. The van der Waals surface area contributed by atoms with E-state index in [1.807, 2.05) is 38.2 Å². The first kappa shape index (κ1) is 13.8. The third kappa shape index (κ3) is 2.56. The van der Waals surface area contributed by atoms with Gasteiger partial charge < -0.3 is 10.3 Å². The lowest BCUT2D eigenvalue weighted by atomic mass is 9.87. The van der Waals surface area contributed by atoms with E-state index in [1.54, 1.807) is 0 Å². The number of aromatic nitrogens is 1. The second kappa shape index (κ2) is 5.57. The summed E-state index contributed by atoms with van der Waals surface area (Å²) in [4.78, 5) is 16.1.